The molecule has 3 rings (SSSR count). The van der Waals surface area contributed by atoms with Gasteiger partial charge in [0.25, 0.3) is 0 Å². The molecule has 0 spiro atoms. The van der Waals surface area contributed by atoms with Crippen molar-refractivity contribution in [3.8, 4) is 0 Å². The number of carbonyl (C=O) groups is 2. The molecule has 1 heterocycles. The number of aliphatic hydroxyl groups excluding tert-OH is 1. The van der Waals surface area contributed by atoms with E-state index in [9.17, 15) is 14.7 Å². The number of aliphatic hydroxyl groups is 1. The van der Waals surface area contributed by atoms with Crippen LogP contribution < -0.4 is 0 Å². The van der Waals surface area contributed by atoms with E-state index in [1.165, 1.54) is 10.5 Å². The number of likely N-dealkylation sites (tertiary alicyclic amines) is 1. The summed E-state index contributed by atoms with van der Waals surface area (Å²) in [6.07, 6.45) is 2.73. The fraction of sp³-hybridized carbons (Fsp3) is 0.529. The summed E-state index contributed by atoms with van der Waals surface area (Å²) in [5.41, 5.74) is 1.96. The zero-order valence-electron chi connectivity index (χ0n) is 12.3. The van der Waals surface area contributed by atoms with E-state index in [-0.39, 0.29) is 30.2 Å². The molecule has 2 amide bonds. The molecular weight excluding hydrogens is 266 g/mol. The van der Waals surface area contributed by atoms with Crippen LogP contribution in [0.3, 0.4) is 0 Å². The first-order chi connectivity index (χ1) is 10.1. The average Bonchev–Trinajstić information content (AvgIpc) is 3.07. The van der Waals surface area contributed by atoms with Crippen molar-refractivity contribution in [2.24, 2.45) is 11.8 Å². The SMILES string of the molecule is CCc1ccc(C(O)CN2C(=O)C3CCCC3C2=O)cc1. The smallest absolute Gasteiger partial charge is 0.233 e. The monoisotopic (exact) mass is 287 g/mol. The molecule has 1 saturated carbocycles. The maximum Gasteiger partial charge on any atom is 0.233 e. The van der Waals surface area contributed by atoms with Gasteiger partial charge in [-0.3, -0.25) is 14.5 Å². The molecule has 2 aliphatic rings. The van der Waals surface area contributed by atoms with Crippen molar-refractivity contribution in [1.29, 1.82) is 0 Å². The van der Waals surface area contributed by atoms with Crippen molar-refractivity contribution >= 4 is 11.8 Å². The van der Waals surface area contributed by atoms with Crippen LogP contribution in [-0.4, -0.2) is 28.4 Å². The Morgan fingerprint density at radius 1 is 1.14 bits per heavy atom. The fourth-order valence-electron chi connectivity index (χ4n) is 3.49. The van der Waals surface area contributed by atoms with Crippen LogP contribution in [0, 0.1) is 11.8 Å². The number of hydrogen-bond acceptors (Lipinski definition) is 3. The highest BCUT2D eigenvalue weighted by Gasteiger charge is 2.49. The van der Waals surface area contributed by atoms with Crippen LogP contribution in [0.4, 0.5) is 0 Å². The van der Waals surface area contributed by atoms with E-state index in [1.807, 2.05) is 24.3 Å². The second kappa shape index (κ2) is 5.60. The number of benzene rings is 1. The highest BCUT2D eigenvalue weighted by Crippen LogP contribution is 2.40. The first kappa shape index (κ1) is 14.3. The lowest BCUT2D eigenvalue weighted by Crippen LogP contribution is -2.35. The highest BCUT2D eigenvalue weighted by atomic mass is 16.3. The number of hydrogen-bond donors (Lipinski definition) is 1. The van der Waals surface area contributed by atoms with Crippen molar-refractivity contribution in [3.05, 3.63) is 35.4 Å². The average molecular weight is 287 g/mol. The van der Waals surface area contributed by atoms with Crippen LogP contribution >= 0.6 is 0 Å². The lowest BCUT2D eigenvalue weighted by molar-refractivity contribution is -0.142. The fourth-order valence-corrected chi connectivity index (χ4v) is 3.49. The second-order valence-corrected chi connectivity index (χ2v) is 6.04. The molecule has 1 N–H and O–H groups in total. The summed E-state index contributed by atoms with van der Waals surface area (Å²) in [4.78, 5) is 25.8. The third-order valence-electron chi connectivity index (χ3n) is 4.81. The molecule has 1 aromatic rings. The molecule has 3 atom stereocenters. The number of aryl methyl sites for hydroxylation is 1. The molecule has 112 valence electrons. The van der Waals surface area contributed by atoms with Gasteiger partial charge in [0.05, 0.1) is 24.5 Å². The summed E-state index contributed by atoms with van der Waals surface area (Å²) < 4.78 is 0. The van der Waals surface area contributed by atoms with Crippen LogP contribution in [0.15, 0.2) is 24.3 Å². The molecule has 21 heavy (non-hydrogen) atoms. The number of β-amino-alcohol motifs (C(OH)–C–C–N with tert-alkyl or cyclic N) is 1. The molecule has 0 bridgehead atoms. The summed E-state index contributed by atoms with van der Waals surface area (Å²) in [6, 6.07) is 7.69. The molecule has 2 fully saturated rings. The van der Waals surface area contributed by atoms with Crippen LogP contribution in [0.1, 0.15) is 43.4 Å². The zero-order valence-corrected chi connectivity index (χ0v) is 12.3. The molecule has 1 aromatic carbocycles. The van der Waals surface area contributed by atoms with Crippen LogP contribution in [-0.2, 0) is 16.0 Å². The largest absolute Gasteiger partial charge is 0.387 e. The maximum absolute atomic E-state index is 12.3. The van der Waals surface area contributed by atoms with E-state index in [0.29, 0.717) is 0 Å². The molecule has 3 unspecified atom stereocenters. The quantitative estimate of drug-likeness (QED) is 0.862. The van der Waals surface area contributed by atoms with Crippen LogP contribution in [0.25, 0.3) is 0 Å². The molecular formula is C17H21NO3. The molecule has 1 aliphatic heterocycles. The van der Waals surface area contributed by atoms with Crippen LogP contribution in [0.5, 0.6) is 0 Å². The van der Waals surface area contributed by atoms with E-state index in [2.05, 4.69) is 6.92 Å². The third kappa shape index (κ3) is 2.48. The van der Waals surface area contributed by atoms with Gasteiger partial charge >= 0.3 is 0 Å². The zero-order chi connectivity index (χ0) is 15.0. The van der Waals surface area contributed by atoms with Gasteiger partial charge in [-0.05, 0) is 30.4 Å². The van der Waals surface area contributed by atoms with E-state index in [0.717, 1.165) is 31.2 Å². The lowest BCUT2D eigenvalue weighted by Gasteiger charge is -2.20. The predicted octanol–water partition coefficient (Wildman–Crippen LogP) is 2.07. The van der Waals surface area contributed by atoms with Crippen molar-refractivity contribution in [3.63, 3.8) is 0 Å². The topological polar surface area (TPSA) is 57.6 Å². The molecule has 4 heteroatoms. The van der Waals surface area contributed by atoms with Gasteiger partial charge in [0.2, 0.25) is 11.8 Å². The number of fused-ring (bicyclic) bond motifs is 1. The highest BCUT2D eigenvalue weighted by molar-refractivity contribution is 6.05. The Bertz CT molecular complexity index is 530. The molecule has 0 aromatic heterocycles. The maximum atomic E-state index is 12.3. The summed E-state index contributed by atoms with van der Waals surface area (Å²) in [5.74, 6) is -0.446. The Morgan fingerprint density at radius 2 is 1.71 bits per heavy atom. The van der Waals surface area contributed by atoms with Crippen molar-refractivity contribution in [1.82, 2.24) is 4.90 Å². The Labute approximate surface area is 124 Å². The number of amides is 2. The third-order valence-corrected chi connectivity index (χ3v) is 4.81. The molecule has 4 nitrogen and oxygen atoms in total. The van der Waals surface area contributed by atoms with E-state index < -0.39 is 6.10 Å². The van der Waals surface area contributed by atoms with Gasteiger partial charge in [-0.15, -0.1) is 0 Å². The number of rotatable bonds is 4. The molecule has 0 radical (unpaired) electrons. The first-order valence-electron chi connectivity index (χ1n) is 7.74. The summed E-state index contributed by atoms with van der Waals surface area (Å²) in [5, 5.41) is 10.3. The predicted molar refractivity (Wildman–Crippen MR) is 78.3 cm³/mol. The first-order valence-corrected chi connectivity index (χ1v) is 7.74. The molecule has 1 saturated heterocycles. The van der Waals surface area contributed by atoms with Crippen LogP contribution in [0.2, 0.25) is 0 Å². The Balaban J connectivity index is 1.70. The minimum absolute atomic E-state index is 0.0795. The standard InChI is InChI=1S/C17H21NO3/c1-2-11-6-8-12(9-7-11)15(19)10-18-16(20)13-4-3-5-14(13)17(18)21/h6-9,13-15,19H,2-5,10H2,1H3. The van der Waals surface area contributed by atoms with Gasteiger partial charge in [-0.25, -0.2) is 0 Å². The van der Waals surface area contributed by atoms with Crippen molar-refractivity contribution in [2.75, 3.05) is 6.54 Å². The summed E-state index contributed by atoms with van der Waals surface area (Å²) >= 11 is 0. The van der Waals surface area contributed by atoms with Crippen molar-refractivity contribution in [2.45, 2.75) is 38.7 Å². The van der Waals surface area contributed by atoms with Gasteiger partial charge in [-0.1, -0.05) is 37.6 Å². The van der Waals surface area contributed by atoms with Gasteiger partial charge in [-0.2, -0.15) is 0 Å². The van der Waals surface area contributed by atoms with E-state index in [1.54, 1.807) is 0 Å². The lowest BCUT2D eigenvalue weighted by atomic mass is 10.00. The number of imide groups is 1. The van der Waals surface area contributed by atoms with Crippen molar-refractivity contribution < 1.29 is 14.7 Å². The normalized spacial score (nSPS) is 26.3. The van der Waals surface area contributed by atoms with E-state index >= 15 is 0 Å². The second-order valence-electron chi connectivity index (χ2n) is 6.04. The van der Waals surface area contributed by atoms with Gasteiger partial charge in [0, 0.05) is 0 Å². The number of nitrogens with zero attached hydrogens (tertiary/aromatic N) is 1. The summed E-state index contributed by atoms with van der Waals surface area (Å²) in [7, 11) is 0. The van der Waals surface area contributed by atoms with Gasteiger partial charge in [0.1, 0.15) is 0 Å². The minimum atomic E-state index is -0.803. The Morgan fingerprint density at radius 3 is 2.24 bits per heavy atom. The van der Waals surface area contributed by atoms with Gasteiger partial charge in [0.15, 0.2) is 0 Å². The molecule has 1 aliphatic carbocycles. The Hall–Kier alpha value is -1.68. The van der Waals surface area contributed by atoms with Gasteiger partial charge < -0.3 is 5.11 Å². The summed E-state index contributed by atoms with van der Waals surface area (Å²) in [6.45, 7) is 2.15. The minimum Gasteiger partial charge on any atom is -0.387 e. The Kier molecular flexibility index (Phi) is 3.81. The van der Waals surface area contributed by atoms with E-state index in [4.69, 9.17) is 0 Å². The number of carbonyl (C=O) groups excluding carboxylic acids is 2.